The van der Waals surface area contributed by atoms with Gasteiger partial charge in [-0.1, -0.05) is 66.2 Å². The molecular weight excluding hydrogens is 409 g/mol. The number of nitrogens with one attached hydrogen (secondary N) is 1. The van der Waals surface area contributed by atoms with Gasteiger partial charge in [0, 0.05) is 5.92 Å². The highest BCUT2D eigenvalue weighted by Gasteiger charge is 2.30. The van der Waals surface area contributed by atoms with E-state index in [0.29, 0.717) is 0 Å². The SMILES string of the molecule is O=C(NC(C(=O)O)c1ccc(F)c(Cl)c1)OCC1c2ccccc2-c2ccccc21. The van der Waals surface area contributed by atoms with Crippen LogP contribution in [0.15, 0.2) is 66.7 Å². The number of benzene rings is 3. The zero-order valence-electron chi connectivity index (χ0n) is 15.6. The van der Waals surface area contributed by atoms with E-state index >= 15 is 0 Å². The molecule has 3 aromatic carbocycles. The van der Waals surface area contributed by atoms with Crippen molar-refractivity contribution in [1.29, 1.82) is 0 Å². The minimum Gasteiger partial charge on any atom is -0.479 e. The molecule has 0 radical (unpaired) electrons. The highest BCUT2D eigenvalue weighted by Crippen LogP contribution is 2.44. The number of fused-ring (bicyclic) bond motifs is 3. The largest absolute Gasteiger partial charge is 0.479 e. The Labute approximate surface area is 177 Å². The fourth-order valence-electron chi connectivity index (χ4n) is 3.74. The van der Waals surface area contributed by atoms with Crippen molar-refractivity contribution in [3.63, 3.8) is 0 Å². The van der Waals surface area contributed by atoms with E-state index in [1.54, 1.807) is 0 Å². The van der Waals surface area contributed by atoms with E-state index in [0.717, 1.165) is 28.3 Å². The Balaban J connectivity index is 1.49. The minimum absolute atomic E-state index is 0.0520. The zero-order chi connectivity index (χ0) is 21.3. The Morgan fingerprint density at radius 1 is 1.03 bits per heavy atom. The Kier molecular flexibility index (Phi) is 5.42. The molecule has 0 aliphatic heterocycles. The quantitative estimate of drug-likeness (QED) is 0.593. The maximum Gasteiger partial charge on any atom is 0.408 e. The summed E-state index contributed by atoms with van der Waals surface area (Å²) < 4.78 is 18.7. The molecule has 0 aromatic heterocycles. The number of carboxylic acids is 1. The van der Waals surface area contributed by atoms with Gasteiger partial charge in [-0.05, 0) is 39.9 Å². The molecule has 0 bridgehead atoms. The van der Waals surface area contributed by atoms with E-state index < -0.39 is 23.9 Å². The van der Waals surface area contributed by atoms with Crippen molar-refractivity contribution >= 4 is 23.7 Å². The number of rotatable bonds is 5. The van der Waals surface area contributed by atoms with Crippen LogP contribution < -0.4 is 5.32 Å². The molecule has 1 aliphatic carbocycles. The molecule has 7 heteroatoms. The number of alkyl carbamates (subject to hydrolysis) is 1. The predicted molar refractivity (Wildman–Crippen MR) is 110 cm³/mol. The van der Waals surface area contributed by atoms with Crippen LogP contribution in [0.3, 0.4) is 0 Å². The van der Waals surface area contributed by atoms with Crippen LogP contribution in [0.25, 0.3) is 11.1 Å². The number of carbonyl (C=O) groups is 2. The molecule has 1 amide bonds. The van der Waals surface area contributed by atoms with Gasteiger partial charge >= 0.3 is 12.1 Å². The highest BCUT2D eigenvalue weighted by molar-refractivity contribution is 6.30. The van der Waals surface area contributed by atoms with Crippen molar-refractivity contribution in [2.24, 2.45) is 0 Å². The van der Waals surface area contributed by atoms with Gasteiger partial charge in [0.05, 0.1) is 5.02 Å². The molecule has 30 heavy (non-hydrogen) atoms. The van der Waals surface area contributed by atoms with Gasteiger partial charge in [0.25, 0.3) is 0 Å². The monoisotopic (exact) mass is 425 g/mol. The third-order valence-corrected chi connectivity index (χ3v) is 5.42. The maximum atomic E-state index is 13.4. The number of halogens is 2. The number of carbonyl (C=O) groups excluding carboxylic acids is 1. The van der Waals surface area contributed by atoms with Crippen LogP contribution in [0.2, 0.25) is 5.02 Å². The van der Waals surface area contributed by atoms with Crippen LogP contribution in [-0.2, 0) is 9.53 Å². The molecule has 1 atom stereocenters. The number of hydrogen-bond acceptors (Lipinski definition) is 3. The number of ether oxygens (including phenoxy) is 1. The number of aliphatic carboxylic acids is 1. The van der Waals surface area contributed by atoms with Crippen LogP contribution >= 0.6 is 11.6 Å². The summed E-state index contributed by atoms with van der Waals surface area (Å²) in [6.45, 7) is 0.0520. The van der Waals surface area contributed by atoms with E-state index in [-0.39, 0.29) is 23.1 Å². The van der Waals surface area contributed by atoms with E-state index in [1.165, 1.54) is 12.1 Å². The number of amides is 1. The number of hydrogen-bond donors (Lipinski definition) is 2. The summed E-state index contributed by atoms with van der Waals surface area (Å²) in [7, 11) is 0. The molecule has 1 unspecified atom stereocenters. The standard InChI is InChI=1S/C23H17ClFNO4/c24-19-11-13(9-10-20(19)25)21(22(27)28)26-23(29)30-12-18-16-7-3-1-5-14(16)15-6-2-4-8-17(15)18/h1-11,18,21H,12H2,(H,26,29)(H,27,28). The van der Waals surface area contributed by atoms with Crippen LogP contribution in [0, 0.1) is 5.82 Å². The van der Waals surface area contributed by atoms with Crippen LogP contribution in [0.5, 0.6) is 0 Å². The molecular formula is C23H17ClFNO4. The first-order chi connectivity index (χ1) is 14.5. The summed E-state index contributed by atoms with van der Waals surface area (Å²) >= 11 is 5.73. The van der Waals surface area contributed by atoms with Gasteiger partial charge < -0.3 is 15.2 Å². The maximum absolute atomic E-state index is 13.4. The van der Waals surface area contributed by atoms with Gasteiger partial charge in [0.1, 0.15) is 12.4 Å². The second-order valence-electron chi connectivity index (χ2n) is 6.91. The molecule has 3 aromatic rings. The lowest BCUT2D eigenvalue weighted by molar-refractivity contribution is -0.139. The molecule has 0 heterocycles. The van der Waals surface area contributed by atoms with Crippen molar-refractivity contribution in [2.75, 3.05) is 6.61 Å². The second-order valence-corrected chi connectivity index (χ2v) is 7.32. The van der Waals surface area contributed by atoms with Crippen molar-refractivity contribution in [1.82, 2.24) is 5.32 Å². The summed E-state index contributed by atoms with van der Waals surface area (Å²) in [5.41, 5.74) is 4.42. The molecule has 2 N–H and O–H groups in total. The summed E-state index contributed by atoms with van der Waals surface area (Å²) in [4.78, 5) is 24.0. The first-order valence-corrected chi connectivity index (χ1v) is 9.62. The lowest BCUT2D eigenvalue weighted by Crippen LogP contribution is -2.34. The fourth-order valence-corrected chi connectivity index (χ4v) is 3.93. The minimum atomic E-state index is -1.42. The average molecular weight is 426 g/mol. The van der Waals surface area contributed by atoms with E-state index in [9.17, 15) is 19.1 Å². The molecule has 0 fully saturated rings. The summed E-state index contributed by atoms with van der Waals surface area (Å²) in [5.74, 6) is -2.14. The van der Waals surface area contributed by atoms with Gasteiger partial charge in [-0.2, -0.15) is 0 Å². The smallest absolute Gasteiger partial charge is 0.408 e. The van der Waals surface area contributed by atoms with Gasteiger partial charge in [-0.15, -0.1) is 0 Å². The molecule has 0 saturated heterocycles. The van der Waals surface area contributed by atoms with E-state index in [2.05, 4.69) is 5.32 Å². The lowest BCUT2D eigenvalue weighted by atomic mass is 9.98. The first kappa shape index (κ1) is 19.9. The van der Waals surface area contributed by atoms with Gasteiger partial charge in [0.2, 0.25) is 0 Å². The third kappa shape index (κ3) is 3.74. The second kappa shape index (κ2) is 8.16. The highest BCUT2D eigenvalue weighted by atomic mass is 35.5. The van der Waals surface area contributed by atoms with Gasteiger partial charge in [-0.3, -0.25) is 0 Å². The summed E-state index contributed by atoms with van der Waals surface area (Å²) in [6, 6.07) is 17.8. The Bertz CT molecular complexity index is 1090. The van der Waals surface area contributed by atoms with Gasteiger partial charge in [0.15, 0.2) is 6.04 Å². The predicted octanol–water partition coefficient (Wildman–Crippen LogP) is 5.14. The first-order valence-electron chi connectivity index (χ1n) is 9.25. The van der Waals surface area contributed by atoms with Crippen LogP contribution in [-0.4, -0.2) is 23.8 Å². The molecule has 0 saturated carbocycles. The Morgan fingerprint density at radius 2 is 1.63 bits per heavy atom. The molecule has 5 nitrogen and oxygen atoms in total. The Hall–Kier alpha value is -3.38. The molecule has 4 rings (SSSR count). The van der Waals surface area contributed by atoms with Crippen molar-refractivity contribution in [3.05, 3.63) is 94.3 Å². The van der Waals surface area contributed by atoms with E-state index in [4.69, 9.17) is 16.3 Å². The van der Waals surface area contributed by atoms with Crippen LogP contribution in [0.1, 0.15) is 28.7 Å². The molecule has 152 valence electrons. The normalized spacial score (nSPS) is 13.3. The summed E-state index contributed by atoms with van der Waals surface area (Å²) in [5, 5.41) is 11.5. The van der Waals surface area contributed by atoms with Crippen molar-refractivity contribution in [2.45, 2.75) is 12.0 Å². The Morgan fingerprint density at radius 3 is 2.20 bits per heavy atom. The topological polar surface area (TPSA) is 75.6 Å². The van der Waals surface area contributed by atoms with Crippen LogP contribution in [0.4, 0.5) is 9.18 Å². The van der Waals surface area contributed by atoms with Gasteiger partial charge in [-0.25, -0.2) is 14.0 Å². The fraction of sp³-hybridized carbons (Fsp3) is 0.130. The van der Waals surface area contributed by atoms with Crippen molar-refractivity contribution < 1.29 is 23.8 Å². The molecule has 0 spiro atoms. The van der Waals surface area contributed by atoms with Crippen molar-refractivity contribution in [3.8, 4) is 11.1 Å². The zero-order valence-corrected chi connectivity index (χ0v) is 16.4. The van der Waals surface area contributed by atoms with E-state index in [1.807, 2.05) is 48.5 Å². The average Bonchev–Trinajstić information content (AvgIpc) is 3.06. The lowest BCUT2D eigenvalue weighted by Gasteiger charge is -2.18. The third-order valence-electron chi connectivity index (χ3n) is 5.13. The molecule has 1 aliphatic rings. The summed E-state index contributed by atoms with van der Waals surface area (Å²) in [6.07, 6.45) is -0.885. The number of carboxylic acid groups (broad SMARTS) is 1.